The summed E-state index contributed by atoms with van der Waals surface area (Å²) >= 11 is 0. The van der Waals surface area contributed by atoms with Crippen molar-refractivity contribution in [2.45, 2.75) is 51.9 Å². The molecular formula is C19H28NO+. The van der Waals surface area contributed by atoms with Gasteiger partial charge in [0, 0.05) is 12.3 Å². The van der Waals surface area contributed by atoms with Gasteiger partial charge in [-0.25, -0.2) is 0 Å². The first-order chi connectivity index (χ1) is 10.3. The van der Waals surface area contributed by atoms with Crippen LogP contribution in [0.5, 0.6) is 0 Å². The lowest BCUT2D eigenvalue weighted by molar-refractivity contribution is -0.741. The third kappa shape index (κ3) is 5.04. The monoisotopic (exact) mass is 286 g/mol. The van der Waals surface area contributed by atoms with Crippen LogP contribution in [-0.2, 0) is 4.84 Å². The van der Waals surface area contributed by atoms with Gasteiger partial charge in [-0.3, -0.25) is 4.84 Å². The molecule has 1 heterocycles. The summed E-state index contributed by atoms with van der Waals surface area (Å²) in [5.74, 6) is 1.16. The molecule has 0 aliphatic carbocycles. The molecule has 1 aliphatic heterocycles. The number of hydrogen-bond acceptors (Lipinski definition) is 1. The summed E-state index contributed by atoms with van der Waals surface area (Å²) < 4.78 is 1.90. The van der Waals surface area contributed by atoms with E-state index in [2.05, 4.69) is 62.7 Å². The highest BCUT2D eigenvalue weighted by Gasteiger charge is 2.17. The van der Waals surface area contributed by atoms with E-state index in [1.54, 1.807) is 0 Å². The van der Waals surface area contributed by atoms with Crippen LogP contribution in [-0.4, -0.2) is 17.6 Å². The molecule has 114 valence electrons. The Morgan fingerprint density at radius 1 is 1.24 bits per heavy atom. The predicted octanol–water partition coefficient (Wildman–Crippen LogP) is 4.92. The zero-order valence-corrected chi connectivity index (χ0v) is 13.4. The Balaban J connectivity index is 1.79. The maximum Gasteiger partial charge on any atom is 0.218 e. The van der Waals surface area contributed by atoms with Gasteiger partial charge in [-0.1, -0.05) is 57.0 Å². The molecule has 2 heteroatoms. The van der Waals surface area contributed by atoms with Crippen molar-refractivity contribution in [3.63, 3.8) is 0 Å². The van der Waals surface area contributed by atoms with Gasteiger partial charge < -0.3 is 0 Å². The summed E-state index contributed by atoms with van der Waals surface area (Å²) in [6.07, 6.45) is 12.5. The van der Waals surface area contributed by atoms with Crippen molar-refractivity contribution in [2.24, 2.45) is 5.92 Å². The Morgan fingerprint density at radius 3 is 2.67 bits per heavy atom. The zero-order chi connectivity index (χ0) is 14.9. The molecule has 0 N–H and O–H groups in total. The second-order valence-corrected chi connectivity index (χ2v) is 5.85. The number of nitrogens with zero attached hydrogens (tertiary/aromatic N) is 1. The molecular weight excluding hydrogens is 258 g/mol. The second-order valence-electron chi connectivity index (χ2n) is 5.85. The van der Waals surface area contributed by atoms with Crippen LogP contribution in [0.15, 0.2) is 42.6 Å². The number of hydroxylamine groups is 1. The molecule has 0 spiro atoms. The fraction of sp³-hybridized carbons (Fsp3) is 0.526. The van der Waals surface area contributed by atoms with E-state index >= 15 is 0 Å². The Kier molecular flexibility index (Phi) is 6.52. The highest BCUT2D eigenvalue weighted by Crippen LogP contribution is 2.22. The normalized spacial score (nSPS) is 19.1. The highest BCUT2D eigenvalue weighted by molar-refractivity contribution is 5.55. The first kappa shape index (κ1) is 15.8. The molecule has 1 aromatic carbocycles. The lowest BCUT2D eigenvalue weighted by Crippen LogP contribution is -2.18. The van der Waals surface area contributed by atoms with E-state index in [4.69, 9.17) is 4.84 Å². The topological polar surface area (TPSA) is 12.2 Å². The average molecular weight is 286 g/mol. The van der Waals surface area contributed by atoms with Crippen LogP contribution in [0.4, 0.5) is 0 Å². The van der Waals surface area contributed by atoms with E-state index in [0.717, 1.165) is 13.0 Å². The van der Waals surface area contributed by atoms with E-state index in [1.165, 1.54) is 31.2 Å². The summed E-state index contributed by atoms with van der Waals surface area (Å²) in [7, 11) is 0. The quantitative estimate of drug-likeness (QED) is 0.618. The first-order valence-electron chi connectivity index (χ1n) is 8.31. The van der Waals surface area contributed by atoms with Crippen LogP contribution in [0.1, 0.15) is 57.4 Å². The fourth-order valence-corrected chi connectivity index (χ4v) is 2.68. The van der Waals surface area contributed by atoms with Gasteiger partial charge in [0.15, 0.2) is 12.8 Å². The van der Waals surface area contributed by atoms with Crippen LogP contribution < -0.4 is 0 Å². The summed E-state index contributed by atoms with van der Waals surface area (Å²) in [5.41, 5.74) is 1.37. The minimum absolute atomic E-state index is 0.480. The molecule has 2 rings (SSSR count). The molecule has 2 atom stereocenters. The van der Waals surface area contributed by atoms with Crippen molar-refractivity contribution < 1.29 is 9.58 Å². The van der Waals surface area contributed by atoms with Crippen LogP contribution in [0.2, 0.25) is 0 Å². The number of rotatable bonds is 8. The number of benzene rings is 1. The molecule has 0 bridgehead atoms. The summed E-state index contributed by atoms with van der Waals surface area (Å²) in [6.45, 7) is 5.33. The lowest BCUT2D eigenvalue weighted by Gasteiger charge is -2.14. The molecule has 0 radical (unpaired) electrons. The molecule has 0 fully saturated rings. The molecule has 1 aliphatic rings. The van der Waals surface area contributed by atoms with Gasteiger partial charge in [0.1, 0.15) is 0 Å². The Hall–Kier alpha value is -1.57. The minimum Gasteiger partial charge on any atom is -0.272 e. The van der Waals surface area contributed by atoms with E-state index in [0.29, 0.717) is 11.8 Å². The zero-order valence-electron chi connectivity index (χ0n) is 13.4. The van der Waals surface area contributed by atoms with Crippen LogP contribution in [0, 0.1) is 5.92 Å². The summed E-state index contributed by atoms with van der Waals surface area (Å²) in [4.78, 5) is 5.91. The maximum absolute atomic E-state index is 5.91. The number of hydrogen-bond donors (Lipinski definition) is 0. The maximum atomic E-state index is 5.91. The van der Waals surface area contributed by atoms with Crippen molar-refractivity contribution >= 4 is 6.21 Å². The fourth-order valence-electron chi connectivity index (χ4n) is 2.68. The Labute approximate surface area is 129 Å². The van der Waals surface area contributed by atoms with Gasteiger partial charge in [-0.2, -0.15) is 0 Å². The van der Waals surface area contributed by atoms with E-state index in [9.17, 15) is 0 Å². The first-order valence-corrected chi connectivity index (χ1v) is 8.31. The molecule has 2 unspecified atom stereocenters. The van der Waals surface area contributed by atoms with E-state index < -0.39 is 0 Å². The van der Waals surface area contributed by atoms with Gasteiger partial charge >= 0.3 is 0 Å². The number of allylic oxidation sites excluding steroid dienone is 1. The smallest absolute Gasteiger partial charge is 0.218 e. The van der Waals surface area contributed by atoms with Gasteiger partial charge in [-0.15, -0.1) is 0 Å². The number of unbranched alkanes of at least 4 members (excludes halogenated alkanes) is 1. The van der Waals surface area contributed by atoms with Crippen molar-refractivity contribution in [2.75, 3.05) is 6.61 Å². The Morgan fingerprint density at radius 2 is 2.05 bits per heavy atom. The lowest BCUT2D eigenvalue weighted by atomic mass is 9.95. The molecule has 1 aromatic rings. The molecule has 0 saturated heterocycles. The van der Waals surface area contributed by atoms with Crippen LogP contribution >= 0.6 is 0 Å². The third-order valence-electron chi connectivity index (χ3n) is 4.23. The predicted molar refractivity (Wildman–Crippen MR) is 88.5 cm³/mol. The molecule has 0 aromatic heterocycles. The second kappa shape index (κ2) is 8.66. The van der Waals surface area contributed by atoms with Crippen molar-refractivity contribution in [3.05, 3.63) is 48.2 Å². The third-order valence-corrected chi connectivity index (χ3v) is 4.23. The van der Waals surface area contributed by atoms with Crippen molar-refractivity contribution in [1.82, 2.24) is 0 Å². The molecule has 0 amide bonds. The molecule has 0 saturated carbocycles. The minimum atomic E-state index is 0.480. The Bertz CT molecular complexity index is 464. The molecule has 2 nitrogen and oxygen atoms in total. The standard InChI is InChI=1S/C19H28NO/c1-3-5-9-17(4-2)16-21-20-14-12-19(13-15-20)18-10-7-6-8-11-18/h6-8,10-12,14-15,17,19H,3-5,9,13,16H2,1-2H3/q+1. The van der Waals surface area contributed by atoms with Gasteiger partial charge in [-0.05, 0) is 35.1 Å². The van der Waals surface area contributed by atoms with E-state index in [-0.39, 0.29) is 0 Å². The average Bonchev–Trinajstić information content (AvgIpc) is 2.56. The van der Waals surface area contributed by atoms with Crippen molar-refractivity contribution in [3.8, 4) is 0 Å². The van der Waals surface area contributed by atoms with Crippen molar-refractivity contribution in [1.29, 1.82) is 0 Å². The van der Waals surface area contributed by atoms with Gasteiger partial charge in [0.25, 0.3) is 0 Å². The van der Waals surface area contributed by atoms with Gasteiger partial charge in [0.2, 0.25) is 6.20 Å². The SMILES string of the molecule is CCCCC(CC)CO[N+]1=CCC(c2ccccc2)C=C1. The largest absolute Gasteiger partial charge is 0.272 e. The van der Waals surface area contributed by atoms with Crippen LogP contribution in [0.3, 0.4) is 0 Å². The summed E-state index contributed by atoms with van der Waals surface area (Å²) in [5, 5.41) is 0. The molecule has 21 heavy (non-hydrogen) atoms. The summed E-state index contributed by atoms with van der Waals surface area (Å²) in [6, 6.07) is 10.7. The van der Waals surface area contributed by atoms with Gasteiger partial charge in [0.05, 0.1) is 0 Å². The van der Waals surface area contributed by atoms with E-state index in [1.807, 2.05) is 4.74 Å². The van der Waals surface area contributed by atoms with Crippen LogP contribution in [0.25, 0.3) is 0 Å². The highest BCUT2D eigenvalue weighted by atomic mass is 16.7.